The van der Waals surface area contributed by atoms with Gasteiger partial charge in [0.05, 0.1) is 0 Å². The van der Waals surface area contributed by atoms with Crippen LogP contribution in [0, 0.1) is 18.3 Å². The van der Waals surface area contributed by atoms with E-state index in [0.717, 1.165) is 13.8 Å². The Morgan fingerprint density at radius 2 is 1.30 bits per heavy atom. The van der Waals surface area contributed by atoms with E-state index >= 15 is 0 Å². The molecule has 8 nitrogen and oxygen atoms in total. The first-order valence-corrected chi connectivity index (χ1v) is 5.42. The van der Waals surface area contributed by atoms with E-state index in [1.165, 1.54) is 0 Å². The molecule has 0 amide bonds. The highest BCUT2D eigenvalue weighted by Gasteiger charge is 2.29. The van der Waals surface area contributed by atoms with Gasteiger partial charge in [-0.25, -0.2) is 0 Å². The van der Waals surface area contributed by atoms with Crippen molar-refractivity contribution >= 4 is 23.9 Å². The molecule has 0 aliphatic carbocycles. The third-order valence-electron chi connectivity index (χ3n) is 1.82. The van der Waals surface area contributed by atoms with Gasteiger partial charge in [0, 0.05) is 20.3 Å². The highest BCUT2D eigenvalue weighted by atomic mass is 16.7. The zero-order valence-electron chi connectivity index (χ0n) is 11.0. The normalized spacial score (nSPS) is 9.30. The minimum atomic E-state index is -1.38. The molecule has 8 heteroatoms. The Bertz CT molecular complexity index is 388. The number of hydrogen-bond acceptors (Lipinski definition) is 8. The molecule has 0 rings (SSSR count). The van der Waals surface area contributed by atoms with Crippen LogP contribution in [0.3, 0.4) is 0 Å². The lowest BCUT2D eigenvalue weighted by Crippen LogP contribution is -2.29. The molecule has 0 aromatic heterocycles. The van der Waals surface area contributed by atoms with E-state index < -0.39 is 43.4 Å². The molecule has 0 fully saturated rings. The highest BCUT2D eigenvalue weighted by Crippen LogP contribution is 2.08. The van der Waals surface area contributed by atoms with Crippen molar-refractivity contribution in [1.82, 2.24) is 0 Å². The van der Waals surface area contributed by atoms with Crippen LogP contribution in [0.2, 0.25) is 0 Å². The lowest BCUT2D eigenvalue weighted by atomic mass is 10.1. The van der Waals surface area contributed by atoms with Crippen LogP contribution < -0.4 is 0 Å². The van der Waals surface area contributed by atoms with Crippen LogP contribution in [0.5, 0.6) is 0 Å². The first-order valence-electron chi connectivity index (χ1n) is 5.42. The SMILES string of the molecule is C#CCC(C(=O)OCOC(C)=O)C(=O)OCOC(C)=O. The number of esters is 4. The Balaban J connectivity index is 4.35. The summed E-state index contributed by atoms with van der Waals surface area (Å²) in [7, 11) is 0. The summed E-state index contributed by atoms with van der Waals surface area (Å²) in [6.07, 6.45) is 4.76. The molecular formula is C12H14O8. The molecule has 20 heavy (non-hydrogen) atoms. The molecule has 0 aliphatic rings. The van der Waals surface area contributed by atoms with Crippen LogP contribution in [0.1, 0.15) is 20.3 Å². The summed E-state index contributed by atoms with van der Waals surface area (Å²) in [5.41, 5.74) is 0. The summed E-state index contributed by atoms with van der Waals surface area (Å²) >= 11 is 0. The molecule has 0 atom stereocenters. The van der Waals surface area contributed by atoms with Gasteiger partial charge >= 0.3 is 23.9 Å². The van der Waals surface area contributed by atoms with Gasteiger partial charge in [-0.3, -0.25) is 19.2 Å². The third kappa shape index (κ3) is 7.71. The number of hydrogen-bond donors (Lipinski definition) is 0. The summed E-state index contributed by atoms with van der Waals surface area (Å²) in [5.74, 6) is -2.58. The average Bonchev–Trinajstić information content (AvgIpc) is 2.34. The van der Waals surface area contributed by atoms with Crippen LogP contribution in [-0.2, 0) is 38.1 Å². The molecule has 0 bridgehead atoms. The van der Waals surface area contributed by atoms with Crippen molar-refractivity contribution in [3.63, 3.8) is 0 Å². The van der Waals surface area contributed by atoms with E-state index in [4.69, 9.17) is 6.42 Å². The fourth-order valence-electron chi connectivity index (χ4n) is 0.923. The van der Waals surface area contributed by atoms with Gasteiger partial charge in [-0.2, -0.15) is 0 Å². The van der Waals surface area contributed by atoms with E-state index in [9.17, 15) is 19.2 Å². The molecule has 0 heterocycles. The predicted molar refractivity (Wildman–Crippen MR) is 62.4 cm³/mol. The molecule has 0 aromatic rings. The summed E-state index contributed by atoms with van der Waals surface area (Å²) in [6, 6.07) is 0. The summed E-state index contributed by atoms with van der Waals surface area (Å²) < 4.78 is 17.8. The Morgan fingerprint density at radius 3 is 1.60 bits per heavy atom. The molecule has 0 saturated carbocycles. The monoisotopic (exact) mass is 286 g/mol. The topological polar surface area (TPSA) is 105 Å². The Morgan fingerprint density at radius 1 is 0.900 bits per heavy atom. The van der Waals surface area contributed by atoms with Crippen molar-refractivity contribution in [2.75, 3.05) is 13.6 Å². The first-order chi connectivity index (χ1) is 9.38. The van der Waals surface area contributed by atoms with Gasteiger partial charge in [0.25, 0.3) is 0 Å². The molecule has 0 aromatic carbocycles. The smallest absolute Gasteiger partial charge is 0.324 e. The predicted octanol–water partition coefficient (Wildman–Crippen LogP) is -0.247. The maximum absolute atomic E-state index is 11.5. The second-order valence-corrected chi connectivity index (χ2v) is 3.40. The van der Waals surface area contributed by atoms with Crippen molar-refractivity contribution in [1.29, 1.82) is 0 Å². The number of carbonyl (C=O) groups is 4. The quantitative estimate of drug-likeness (QED) is 0.273. The van der Waals surface area contributed by atoms with Gasteiger partial charge in [0.15, 0.2) is 5.92 Å². The fraction of sp³-hybridized carbons (Fsp3) is 0.500. The van der Waals surface area contributed by atoms with Gasteiger partial charge in [0.2, 0.25) is 13.6 Å². The summed E-state index contributed by atoms with van der Waals surface area (Å²) in [4.78, 5) is 44.0. The molecular weight excluding hydrogens is 272 g/mol. The number of rotatable bonds is 7. The zero-order chi connectivity index (χ0) is 15.5. The lowest BCUT2D eigenvalue weighted by molar-refractivity contribution is -0.178. The second-order valence-electron chi connectivity index (χ2n) is 3.40. The molecule has 0 N–H and O–H groups in total. The second kappa shape index (κ2) is 9.38. The molecule has 0 unspecified atom stereocenters. The van der Waals surface area contributed by atoms with Crippen molar-refractivity contribution in [2.45, 2.75) is 20.3 Å². The standard InChI is InChI=1S/C12H14O8/c1-4-5-10(11(15)19-6-17-8(2)13)12(16)20-7-18-9(3)14/h1,10H,5-7H2,2-3H3. The molecule has 0 aliphatic heterocycles. The minimum Gasteiger partial charge on any atom is -0.428 e. The molecule has 0 saturated heterocycles. The van der Waals surface area contributed by atoms with Crippen LogP contribution in [0.4, 0.5) is 0 Å². The largest absolute Gasteiger partial charge is 0.428 e. The van der Waals surface area contributed by atoms with Gasteiger partial charge < -0.3 is 18.9 Å². The van der Waals surface area contributed by atoms with Crippen LogP contribution in [0.25, 0.3) is 0 Å². The maximum Gasteiger partial charge on any atom is 0.324 e. The average molecular weight is 286 g/mol. The van der Waals surface area contributed by atoms with E-state index in [2.05, 4.69) is 24.9 Å². The van der Waals surface area contributed by atoms with Crippen LogP contribution in [0.15, 0.2) is 0 Å². The van der Waals surface area contributed by atoms with Crippen molar-refractivity contribution < 1.29 is 38.1 Å². The van der Waals surface area contributed by atoms with E-state index in [0.29, 0.717) is 0 Å². The van der Waals surface area contributed by atoms with Crippen molar-refractivity contribution in [3.05, 3.63) is 0 Å². The van der Waals surface area contributed by atoms with Gasteiger partial charge in [-0.1, -0.05) is 0 Å². The van der Waals surface area contributed by atoms with Gasteiger partial charge in [-0.05, 0) is 0 Å². The third-order valence-corrected chi connectivity index (χ3v) is 1.82. The van der Waals surface area contributed by atoms with Gasteiger partial charge in [-0.15, -0.1) is 12.3 Å². The number of terminal acetylenes is 1. The minimum absolute atomic E-state index is 0.266. The zero-order valence-corrected chi connectivity index (χ0v) is 11.0. The Kier molecular flexibility index (Phi) is 8.18. The van der Waals surface area contributed by atoms with E-state index in [-0.39, 0.29) is 6.42 Å². The summed E-state index contributed by atoms with van der Waals surface area (Å²) in [5, 5.41) is 0. The molecule has 0 radical (unpaired) electrons. The molecule has 110 valence electrons. The Hall–Kier alpha value is -2.56. The van der Waals surface area contributed by atoms with E-state index in [1.54, 1.807) is 0 Å². The van der Waals surface area contributed by atoms with Gasteiger partial charge in [0.1, 0.15) is 0 Å². The van der Waals surface area contributed by atoms with Crippen LogP contribution in [-0.4, -0.2) is 37.5 Å². The number of ether oxygens (including phenoxy) is 4. The maximum atomic E-state index is 11.5. The van der Waals surface area contributed by atoms with Crippen molar-refractivity contribution in [3.8, 4) is 12.3 Å². The Labute approximate surface area is 115 Å². The fourth-order valence-corrected chi connectivity index (χ4v) is 0.923. The first kappa shape index (κ1) is 17.4. The molecule has 0 spiro atoms. The summed E-state index contributed by atoms with van der Waals surface area (Å²) in [6.45, 7) is 0.985. The van der Waals surface area contributed by atoms with E-state index in [1.807, 2.05) is 0 Å². The highest BCUT2D eigenvalue weighted by molar-refractivity contribution is 5.95. The van der Waals surface area contributed by atoms with Crippen molar-refractivity contribution in [2.24, 2.45) is 5.92 Å². The van der Waals surface area contributed by atoms with Crippen LogP contribution >= 0.6 is 0 Å². The lowest BCUT2D eigenvalue weighted by Gasteiger charge is -2.12. The number of carbonyl (C=O) groups excluding carboxylic acids is 4.